The molecule has 0 atom stereocenters. The van der Waals surface area contributed by atoms with Gasteiger partial charge in [0, 0.05) is 90.1 Å². The van der Waals surface area contributed by atoms with Gasteiger partial charge in [-0.3, -0.25) is 14.5 Å². The average molecular weight is 517 g/mol. The number of pyridine rings is 2. The first-order valence-electron chi connectivity index (χ1n) is 12.9. The third-order valence-corrected chi connectivity index (χ3v) is 7.31. The summed E-state index contributed by atoms with van der Waals surface area (Å²) in [7, 11) is 0. The maximum Gasteiger partial charge on any atom is 0.219 e. The number of nitrogens with zero attached hydrogens (tertiary/aromatic N) is 8. The zero-order chi connectivity index (χ0) is 26.6. The molecular formula is C27H32N8O3. The second kappa shape index (κ2) is 11.1. The zero-order valence-corrected chi connectivity index (χ0v) is 21.8. The molecule has 0 bridgehead atoms. The van der Waals surface area contributed by atoms with E-state index in [1.165, 1.54) is 0 Å². The highest BCUT2D eigenvalue weighted by atomic mass is 16.5. The van der Waals surface area contributed by atoms with Crippen LogP contribution in [-0.2, 0) is 9.59 Å². The van der Waals surface area contributed by atoms with Crippen LogP contribution in [0.3, 0.4) is 0 Å². The van der Waals surface area contributed by atoms with E-state index in [1.54, 1.807) is 30.8 Å². The highest BCUT2D eigenvalue weighted by molar-refractivity contribution is 5.85. The third-order valence-electron chi connectivity index (χ3n) is 7.31. The van der Waals surface area contributed by atoms with Crippen molar-refractivity contribution in [3.63, 3.8) is 0 Å². The van der Waals surface area contributed by atoms with Crippen LogP contribution in [0.15, 0.2) is 36.8 Å². The molecule has 3 aromatic rings. The zero-order valence-electron chi connectivity index (χ0n) is 21.8. The van der Waals surface area contributed by atoms with Crippen LogP contribution in [0.1, 0.15) is 19.4 Å². The topological polar surface area (TPSA) is 110 Å². The van der Waals surface area contributed by atoms with Gasteiger partial charge >= 0.3 is 0 Å². The molecule has 0 aliphatic carbocycles. The predicted molar refractivity (Wildman–Crippen MR) is 142 cm³/mol. The number of fused-ring (bicyclic) bond motifs is 1. The van der Waals surface area contributed by atoms with Gasteiger partial charge in [0.05, 0.1) is 23.5 Å². The van der Waals surface area contributed by atoms with Crippen molar-refractivity contribution in [2.24, 2.45) is 0 Å². The lowest BCUT2D eigenvalue weighted by Gasteiger charge is -2.34. The van der Waals surface area contributed by atoms with Gasteiger partial charge in [0.2, 0.25) is 11.8 Å². The van der Waals surface area contributed by atoms with Crippen molar-refractivity contribution in [1.29, 1.82) is 5.26 Å². The minimum atomic E-state index is 0.101. The summed E-state index contributed by atoms with van der Waals surface area (Å²) in [5.74, 6) is 1.74. The quantitative estimate of drug-likeness (QED) is 0.485. The first kappa shape index (κ1) is 25.5. The molecule has 0 N–H and O–H groups in total. The minimum absolute atomic E-state index is 0.101. The first-order chi connectivity index (χ1) is 18.4. The Morgan fingerprint density at radius 1 is 0.974 bits per heavy atom. The fourth-order valence-electron chi connectivity index (χ4n) is 5.04. The molecule has 38 heavy (non-hydrogen) atoms. The highest BCUT2D eigenvalue weighted by Crippen LogP contribution is 2.31. The van der Waals surface area contributed by atoms with Crippen LogP contribution in [-0.4, -0.2) is 107 Å². The Kier molecular flexibility index (Phi) is 7.42. The molecule has 2 fully saturated rings. The Labute approximate surface area is 221 Å². The fraction of sp³-hybridized carbons (Fsp3) is 0.444. The number of anilines is 1. The molecule has 3 aromatic heterocycles. The lowest BCUT2D eigenvalue weighted by molar-refractivity contribution is -0.130. The van der Waals surface area contributed by atoms with Crippen molar-refractivity contribution in [3.8, 4) is 22.9 Å². The van der Waals surface area contributed by atoms with Crippen LogP contribution < -0.4 is 9.64 Å². The standard InChI is InChI=1S/C27H32N8O3/c1-20(36)32-7-5-31(6-8-32)13-14-38-24-15-25(27-23(16-28)18-30-35(27)19-24)22-3-4-26(29-17-22)34-11-9-33(10-12-34)21(2)37/h3-4,15,17-19H,5-14H2,1-2H3. The lowest BCUT2D eigenvalue weighted by Crippen LogP contribution is -2.48. The van der Waals surface area contributed by atoms with Crippen molar-refractivity contribution < 1.29 is 14.3 Å². The maximum absolute atomic E-state index is 11.6. The Bertz CT molecular complexity index is 1350. The first-order valence-corrected chi connectivity index (χ1v) is 12.9. The monoisotopic (exact) mass is 516 g/mol. The molecule has 198 valence electrons. The van der Waals surface area contributed by atoms with E-state index >= 15 is 0 Å². The summed E-state index contributed by atoms with van der Waals surface area (Å²) in [5.41, 5.74) is 2.89. The van der Waals surface area contributed by atoms with E-state index in [1.807, 2.05) is 34.2 Å². The van der Waals surface area contributed by atoms with Crippen molar-refractivity contribution in [3.05, 3.63) is 42.4 Å². The Hall–Kier alpha value is -4.17. The van der Waals surface area contributed by atoms with E-state index in [2.05, 4.69) is 21.0 Å². The summed E-state index contributed by atoms with van der Waals surface area (Å²) in [6, 6.07) is 8.15. The summed E-state index contributed by atoms with van der Waals surface area (Å²) >= 11 is 0. The molecule has 0 radical (unpaired) electrons. The van der Waals surface area contributed by atoms with Crippen molar-refractivity contribution >= 4 is 23.1 Å². The second-order valence-corrected chi connectivity index (χ2v) is 9.65. The van der Waals surface area contributed by atoms with Crippen LogP contribution in [0.25, 0.3) is 16.6 Å². The molecule has 2 saturated heterocycles. The summed E-state index contributed by atoms with van der Waals surface area (Å²) in [6.45, 7) is 10.5. The van der Waals surface area contributed by atoms with E-state index in [0.717, 1.165) is 62.8 Å². The normalized spacial score (nSPS) is 16.5. The summed E-state index contributed by atoms with van der Waals surface area (Å²) in [6.07, 6.45) is 5.17. The van der Waals surface area contributed by atoms with Crippen molar-refractivity contribution in [2.75, 3.05) is 70.4 Å². The van der Waals surface area contributed by atoms with E-state index in [0.29, 0.717) is 36.5 Å². The number of amides is 2. The molecule has 11 heteroatoms. The lowest BCUT2D eigenvalue weighted by atomic mass is 10.1. The van der Waals surface area contributed by atoms with Crippen molar-refractivity contribution in [2.45, 2.75) is 13.8 Å². The van der Waals surface area contributed by atoms with Gasteiger partial charge in [-0.15, -0.1) is 0 Å². The van der Waals surface area contributed by atoms with Gasteiger partial charge in [-0.1, -0.05) is 0 Å². The number of aromatic nitrogens is 3. The molecule has 11 nitrogen and oxygen atoms in total. The number of nitriles is 1. The van der Waals surface area contributed by atoms with Crippen molar-refractivity contribution in [1.82, 2.24) is 29.3 Å². The number of carbonyl (C=O) groups excluding carboxylic acids is 2. The Morgan fingerprint density at radius 2 is 1.66 bits per heavy atom. The van der Waals surface area contributed by atoms with E-state index in [-0.39, 0.29) is 11.8 Å². The van der Waals surface area contributed by atoms with E-state index in [4.69, 9.17) is 9.72 Å². The van der Waals surface area contributed by atoms with Gasteiger partial charge in [0.25, 0.3) is 0 Å². The van der Waals surface area contributed by atoms with E-state index in [9.17, 15) is 14.9 Å². The molecule has 2 aliphatic heterocycles. The fourth-order valence-corrected chi connectivity index (χ4v) is 5.04. The Balaban J connectivity index is 1.30. The number of carbonyl (C=O) groups is 2. The summed E-state index contributed by atoms with van der Waals surface area (Å²) in [5, 5.41) is 14.0. The van der Waals surface area contributed by atoms with E-state index < -0.39 is 0 Å². The van der Waals surface area contributed by atoms with Crippen LogP contribution in [0, 0.1) is 11.3 Å². The third kappa shape index (κ3) is 5.40. The molecule has 5 rings (SSSR count). The number of hydrogen-bond donors (Lipinski definition) is 0. The van der Waals surface area contributed by atoms with Crippen LogP contribution in [0.4, 0.5) is 5.82 Å². The van der Waals surface area contributed by atoms with Gasteiger partial charge in [0.15, 0.2) is 0 Å². The number of hydrogen-bond acceptors (Lipinski definition) is 8. The molecule has 0 aromatic carbocycles. The minimum Gasteiger partial charge on any atom is -0.491 e. The number of piperazine rings is 2. The van der Waals surface area contributed by atoms with Gasteiger partial charge in [-0.2, -0.15) is 10.4 Å². The van der Waals surface area contributed by atoms with Gasteiger partial charge in [0.1, 0.15) is 24.2 Å². The van der Waals surface area contributed by atoms with Gasteiger partial charge < -0.3 is 19.4 Å². The summed E-state index contributed by atoms with van der Waals surface area (Å²) < 4.78 is 7.80. The largest absolute Gasteiger partial charge is 0.491 e. The SMILES string of the molecule is CC(=O)N1CCN(CCOc2cc(-c3ccc(N4CCN(C(C)=O)CC4)nc3)c3c(C#N)cnn3c2)CC1. The Morgan fingerprint density at radius 3 is 2.26 bits per heavy atom. The molecule has 0 spiro atoms. The smallest absolute Gasteiger partial charge is 0.219 e. The summed E-state index contributed by atoms with van der Waals surface area (Å²) in [4.78, 5) is 36.1. The molecule has 0 unspecified atom stereocenters. The molecule has 0 saturated carbocycles. The molecular weight excluding hydrogens is 484 g/mol. The molecule has 5 heterocycles. The highest BCUT2D eigenvalue weighted by Gasteiger charge is 2.21. The van der Waals surface area contributed by atoms with Crippen LogP contribution in [0.5, 0.6) is 5.75 Å². The van der Waals surface area contributed by atoms with Gasteiger partial charge in [-0.05, 0) is 18.2 Å². The van der Waals surface area contributed by atoms with Crippen LogP contribution >= 0.6 is 0 Å². The number of ether oxygens (including phenoxy) is 1. The van der Waals surface area contributed by atoms with Gasteiger partial charge in [-0.25, -0.2) is 9.50 Å². The maximum atomic E-state index is 11.6. The van der Waals surface area contributed by atoms with Crippen LogP contribution in [0.2, 0.25) is 0 Å². The second-order valence-electron chi connectivity index (χ2n) is 9.65. The molecule has 2 aliphatic rings. The molecule has 2 amide bonds. The predicted octanol–water partition coefficient (Wildman–Crippen LogP) is 1.48. The number of rotatable bonds is 6. The average Bonchev–Trinajstić information content (AvgIpc) is 3.36.